The Bertz CT molecular complexity index is 370. The Morgan fingerprint density at radius 3 is 2.43 bits per heavy atom. The van der Waals surface area contributed by atoms with Gasteiger partial charge in [0, 0.05) is 46.5 Å². The van der Waals surface area contributed by atoms with Crippen molar-refractivity contribution in [3.8, 4) is 0 Å². The van der Waals surface area contributed by atoms with Gasteiger partial charge < -0.3 is 19.7 Å². The molecule has 0 spiro atoms. The highest BCUT2D eigenvalue weighted by Gasteiger charge is 2.08. The molecule has 0 aliphatic rings. The SMILES string of the molecule is COCCCN(CCOC)c1cnc(CNC(C)C)cn1. The van der Waals surface area contributed by atoms with E-state index in [1.807, 2.05) is 12.4 Å². The standard InChI is InChI=1S/C15H28N4O2/c1-13(2)16-10-14-11-18-15(12-17-14)19(7-9-21-4)6-5-8-20-3/h11-13,16H,5-10H2,1-4H3. The minimum atomic E-state index is 0.443. The van der Waals surface area contributed by atoms with Crippen molar-refractivity contribution >= 4 is 5.82 Å². The summed E-state index contributed by atoms with van der Waals surface area (Å²) in [4.78, 5) is 11.2. The van der Waals surface area contributed by atoms with Crippen molar-refractivity contribution < 1.29 is 9.47 Å². The molecular weight excluding hydrogens is 268 g/mol. The minimum absolute atomic E-state index is 0.443. The maximum Gasteiger partial charge on any atom is 0.147 e. The van der Waals surface area contributed by atoms with E-state index in [0.717, 1.165) is 44.2 Å². The molecule has 1 aromatic rings. The molecular formula is C15H28N4O2. The molecule has 0 bridgehead atoms. The van der Waals surface area contributed by atoms with Crippen LogP contribution in [0.15, 0.2) is 12.4 Å². The number of aromatic nitrogens is 2. The molecule has 0 atom stereocenters. The first kappa shape index (κ1) is 17.8. The molecule has 1 rings (SSSR count). The predicted octanol–water partition coefficient (Wildman–Crippen LogP) is 1.46. The highest BCUT2D eigenvalue weighted by molar-refractivity contribution is 5.35. The number of rotatable bonds is 11. The van der Waals surface area contributed by atoms with E-state index in [2.05, 4.69) is 34.0 Å². The smallest absolute Gasteiger partial charge is 0.147 e. The highest BCUT2D eigenvalue weighted by atomic mass is 16.5. The molecule has 0 unspecified atom stereocenters. The molecule has 0 aliphatic heterocycles. The van der Waals surface area contributed by atoms with Crippen LogP contribution in [0.5, 0.6) is 0 Å². The van der Waals surface area contributed by atoms with E-state index in [9.17, 15) is 0 Å². The van der Waals surface area contributed by atoms with E-state index < -0.39 is 0 Å². The quantitative estimate of drug-likeness (QED) is 0.624. The van der Waals surface area contributed by atoms with Gasteiger partial charge in [-0.2, -0.15) is 0 Å². The van der Waals surface area contributed by atoms with Crippen LogP contribution in [0.4, 0.5) is 5.82 Å². The van der Waals surface area contributed by atoms with Gasteiger partial charge in [0.1, 0.15) is 5.82 Å². The second-order valence-electron chi connectivity index (χ2n) is 5.23. The molecule has 6 nitrogen and oxygen atoms in total. The molecule has 0 fully saturated rings. The summed E-state index contributed by atoms with van der Waals surface area (Å²) in [5.41, 5.74) is 0.955. The minimum Gasteiger partial charge on any atom is -0.385 e. The largest absolute Gasteiger partial charge is 0.385 e. The van der Waals surface area contributed by atoms with Crippen LogP contribution in [-0.4, -0.2) is 56.5 Å². The molecule has 1 aromatic heterocycles. The normalized spacial score (nSPS) is 11.1. The van der Waals surface area contributed by atoms with Crippen molar-refractivity contribution in [3.63, 3.8) is 0 Å². The summed E-state index contributed by atoms with van der Waals surface area (Å²) >= 11 is 0. The summed E-state index contributed by atoms with van der Waals surface area (Å²) in [5.74, 6) is 0.886. The van der Waals surface area contributed by atoms with Crippen LogP contribution in [0, 0.1) is 0 Å². The number of nitrogens with zero attached hydrogens (tertiary/aromatic N) is 3. The fourth-order valence-electron chi connectivity index (χ4n) is 1.85. The van der Waals surface area contributed by atoms with Crippen molar-refractivity contribution in [2.75, 3.05) is 45.4 Å². The summed E-state index contributed by atoms with van der Waals surface area (Å²) in [5, 5.41) is 3.33. The van der Waals surface area contributed by atoms with Crippen LogP contribution in [0.3, 0.4) is 0 Å². The van der Waals surface area contributed by atoms with Crippen LogP contribution in [0.25, 0.3) is 0 Å². The number of hydrogen-bond acceptors (Lipinski definition) is 6. The summed E-state index contributed by atoms with van der Waals surface area (Å²) in [7, 11) is 3.43. The van der Waals surface area contributed by atoms with E-state index in [0.29, 0.717) is 12.6 Å². The highest BCUT2D eigenvalue weighted by Crippen LogP contribution is 2.09. The molecule has 1 N–H and O–H groups in total. The lowest BCUT2D eigenvalue weighted by atomic mass is 10.3. The molecule has 0 radical (unpaired) electrons. The van der Waals surface area contributed by atoms with Gasteiger partial charge in [-0.05, 0) is 6.42 Å². The molecule has 0 saturated heterocycles. The van der Waals surface area contributed by atoms with Crippen molar-refractivity contribution in [1.29, 1.82) is 0 Å². The lowest BCUT2D eigenvalue weighted by Crippen LogP contribution is -2.30. The van der Waals surface area contributed by atoms with Gasteiger partial charge in [0.05, 0.1) is 24.7 Å². The Morgan fingerprint density at radius 1 is 1.10 bits per heavy atom. The van der Waals surface area contributed by atoms with E-state index in [4.69, 9.17) is 9.47 Å². The lowest BCUT2D eigenvalue weighted by Gasteiger charge is -2.23. The van der Waals surface area contributed by atoms with Gasteiger partial charge in [0.25, 0.3) is 0 Å². The first-order valence-electron chi connectivity index (χ1n) is 7.44. The zero-order chi connectivity index (χ0) is 15.5. The maximum absolute atomic E-state index is 5.16. The average Bonchev–Trinajstić information content (AvgIpc) is 2.49. The van der Waals surface area contributed by atoms with E-state index in [1.54, 1.807) is 14.2 Å². The Kier molecular flexibility index (Phi) is 8.89. The fraction of sp³-hybridized carbons (Fsp3) is 0.733. The Morgan fingerprint density at radius 2 is 1.86 bits per heavy atom. The van der Waals surface area contributed by atoms with Crippen LogP contribution in [-0.2, 0) is 16.0 Å². The van der Waals surface area contributed by atoms with Gasteiger partial charge in [0.15, 0.2) is 0 Å². The monoisotopic (exact) mass is 296 g/mol. The zero-order valence-corrected chi connectivity index (χ0v) is 13.6. The van der Waals surface area contributed by atoms with Crippen LogP contribution < -0.4 is 10.2 Å². The predicted molar refractivity (Wildman–Crippen MR) is 84.6 cm³/mol. The van der Waals surface area contributed by atoms with Gasteiger partial charge in [-0.1, -0.05) is 13.8 Å². The molecule has 0 aliphatic carbocycles. The van der Waals surface area contributed by atoms with Crippen LogP contribution in [0.2, 0.25) is 0 Å². The molecule has 0 aromatic carbocycles. The molecule has 0 amide bonds. The Hall–Kier alpha value is -1.24. The van der Waals surface area contributed by atoms with Crippen molar-refractivity contribution in [2.24, 2.45) is 0 Å². The van der Waals surface area contributed by atoms with Gasteiger partial charge in [-0.15, -0.1) is 0 Å². The molecule has 21 heavy (non-hydrogen) atoms. The lowest BCUT2D eigenvalue weighted by molar-refractivity contribution is 0.191. The van der Waals surface area contributed by atoms with Crippen molar-refractivity contribution in [1.82, 2.24) is 15.3 Å². The first-order valence-corrected chi connectivity index (χ1v) is 7.44. The second-order valence-corrected chi connectivity index (χ2v) is 5.23. The van der Waals surface area contributed by atoms with Gasteiger partial charge in [-0.25, -0.2) is 4.98 Å². The van der Waals surface area contributed by atoms with Crippen LogP contribution in [0.1, 0.15) is 26.0 Å². The summed E-state index contributed by atoms with van der Waals surface area (Å²) in [6.07, 6.45) is 4.62. The summed E-state index contributed by atoms with van der Waals surface area (Å²) in [6.45, 7) is 8.08. The first-order chi connectivity index (χ1) is 10.2. The number of hydrogen-bond donors (Lipinski definition) is 1. The number of nitrogens with one attached hydrogen (secondary N) is 1. The molecule has 120 valence electrons. The fourth-order valence-corrected chi connectivity index (χ4v) is 1.85. The molecule has 0 saturated carbocycles. The van der Waals surface area contributed by atoms with Crippen LogP contribution >= 0.6 is 0 Å². The van der Waals surface area contributed by atoms with Gasteiger partial charge in [-0.3, -0.25) is 4.98 Å². The Labute approximate surface area is 127 Å². The summed E-state index contributed by atoms with van der Waals surface area (Å²) < 4.78 is 10.3. The average molecular weight is 296 g/mol. The summed E-state index contributed by atoms with van der Waals surface area (Å²) in [6, 6.07) is 0.443. The number of anilines is 1. The number of ether oxygens (including phenoxy) is 2. The van der Waals surface area contributed by atoms with E-state index in [-0.39, 0.29) is 0 Å². The Balaban J connectivity index is 2.59. The third-order valence-electron chi connectivity index (χ3n) is 3.05. The van der Waals surface area contributed by atoms with Crippen molar-refractivity contribution in [3.05, 3.63) is 18.1 Å². The molecule has 6 heteroatoms. The van der Waals surface area contributed by atoms with Crippen molar-refractivity contribution in [2.45, 2.75) is 32.9 Å². The maximum atomic E-state index is 5.16. The van der Waals surface area contributed by atoms with Gasteiger partial charge in [0.2, 0.25) is 0 Å². The van der Waals surface area contributed by atoms with E-state index >= 15 is 0 Å². The number of methoxy groups -OCH3 is 2. The topological polar surface area (TPSA) is 59.5 Å². The molecule has 1 heterocycles. The van der Waals surface area contributed by atoms with E-state index in [1.165, 1.54) is 0 Å². The third kappa shape index (κ3) is 7.36. The zero-order valence-electron chi connectivity index (χ0n) is 13.6. The third-order valence-corrected chi connectivity index (χ3v) is 3.05. The van der Waals surface area contributed by atoms with Gasteiger partial charge >= 0.3 is 0 Å². The second kappa shape index (κ2) is 10.5.